The summed E-state index contributed by atoms with van der Waals surface area (Å²) in [5.74, 6) is 0.466. The van der Waals surface area contributed by atoms with E-state index in [0.29, 0.717) is 5.56 Å². The van der Waals surface area contributed by atoms with Gasteiger partial charge in [0.05, 0.1) is 19.3 Å². The molecule has 0 heterocycles. The monoisotopic (exact) mass is 193 g/mol. The van der Waals surface area contributed by atoms with Crippen molar-refractivity contribution < 1.29 is 14.6 Å². The van der Waals surface area contributed by atoms with Gasteiger partial charge in [-0.25, -0.2) is 4.79 Å². The van der Waals surface area contributed by atoms with Crippen LogP contribution in [0.5, 0.6) is 0 Å². The second kappa shape index (κ2) is 4.77. The van der Waals surface area contributed by atoms with E-state index in [-0.39, 0.29) is 12.6 Å². The van der Waals surface area contributed by atoms with Gasteiger partial charge in [-0.05, 0) is 17.7 Å². The van der Waals surface area contributed by atoms with E-state index in [2.05, 4.69) is 4.74 Å². The van der Waals surface area contributed by atoms with Crippen LogP contribution in [-0.2, 0) is 4.74 Å². The molecule has 0 saturated carbocycles. The van der Waals surface area contributed by atoms with Gasteiger partial charge >= 0.3 is 5.97 Å². The Hall–Kier alpha value is -1.35. The first kappa shape index (κ1) is 10.7. The summed E-state index contributed by atoms with van der Waals surface area (Å²) in [5, 5.41) is 8.92. The summed E-state index contributed by atoms with van der Waals surface area (Å²) in [6, 6.07) is 7.00. The minimum Gasteiger partial charge on any atom is -0.465 e. The highest BCUT2D eigenvalue weighted by molar-refractivity contribution is 5.89. The molecule has 1 rings (SSSR count). The Morgan fingerprint density at radius 3 is 2.64 bits per heavy atom. The van der Waals surface area contributed by atoms with E-state index in [1.54, 1.807) is 18.2 Å². The third-order valence-electron chi connectivity index (χ3n) is 2.01. The summed E-state index contributed by atoms with van der Waals surface area (Å²) in [6.45, 7) is 1.81. The molecule has 0 aliphatic carbocycles. The quantitative estimate of drug-likeness (QED) is 0.738. The van der Waals surface area contributed by atoms with E-state index >= 15 is 0 Å². The minimum atomic E-state index is -0.363. The third-order valence-corrected chi connectivity index (χ3v) is 2.01. The van der Waals surface area contributed by atoms with E-state index < -0.39 is 0 Å². The Balaban J connectivity index is 2.95. The van der Waals surface area contributed by atoms with Gasteiger partial charge in [0, 0.05) is 5.92 Å². The summed E-state index contributed by atoms with van der Waals surface area (Å²) in [6.07, 6.45) is 0. The van der Waals surface area contributed by atoms with Crippen molar-refractivity contribution in [1.82, 2.24) is 0 Å². The minimum absolute atomic E-state index is 0.00930. The van der Waals surface area contributed by atoms with E-state index in [4.69, 9.17) is 5.11 Å². The zero-order valence-corrected chi connectivity index (χ0v) is 8.28. The normalized spacial score (nSPS) is 10.3. The molecular formula is C11H13O3. The van der Waals surface area contributed by atoms with Crippen molar-refractivity contribution >= 4 is 5.97 Å². The number of hydrogen-bond donors (Lipinski definition) is 1. The van der Waals surface area contributed by atoms with Gasteiger partial charge in [0.25, 0.3) is 0 Å². The lowest BCUT2D eigenvalue weighted by Crippen LogP contribution is -2.05. The van der Waals surface area contributed by atoms with E-state index in [1.165, 1.54) is 7.11 Å². The fourth-order valence-electron chi connectivity index (χ4n) is 1.12. The molecule has 3 nitrogen and oxygen atoms in total. The fourth-order valence-corrected chi connectivity index (χ4v) is 1.12. The molecule has 1 aromatic rings. The number of benzene rings is 1. The Morgan fingerprint density at radius 1 is 1.43 bits per heavy atom. The maximum Gasteiger partial charge on any atom is 0.337 e. The molecule has 1 aromatic carbocycles. The van der Waals surface area contributed by atoms with Crippen LogP contribution in [0.3, 0.4) is 0 Å². The van der Waals surface area contributed by atoms with Crippen molar-refractivity contribution in [2.24, 2.45) is 0 Å². The first-order chi connectivity index (χ1) is 6.69. The summed E-state index contributed by atoms with van der Waals surface area (Å²) in [7, 11) is 1.34. The van der Waals surface area contributed by atoms with Gasteiger partial charge in [-0.2, -0.15) is 0 Å². The molecule has 1 N–H and O–H groups in total. The van der Waals surface area contributed by atoms with Crippen LogP contribution in [0.25, 0.3) is 0 Å². The van der Waals surface area contributed by atoms with Crippen LogP contribution >= 0.6 is 0 Å². The molecule has 1 radical (unpaired) electrons. The van der Waals surface area contributed by atoms with E-state index in [1.807, 2.05) is 13.0 Å². The van der Waals surface area contributed by atoms with Gasteiger partial charge in [-0.3, -0.25) is 0 Å². The lowest BCUT2D eigenvalue weighted by Gasteiger charge is -2.08. The zero-order chi connectivity index (χ0) is 10.6. The maximum atomic E-state index is 11.2. The molecule has 0 atom stereocenters. The Labute approximate surface area is 83.3 Å². The Bertz CT molecular complexity index is 320. The fraction of sp³-hybridized carbons (Fsp3) is 0.273. The molecule has 0 aromatic heterocycles. The van der Waals surface area contributed by atoms with Crippen molar-refractivity contribution in [3.05, 3.63) is 41.3 Å². The van der Waals surface area contributed by atoms with Gasteiger partial charge in [0.2, 0.25) is 0 Å². The highest BCUT2D eigenvalue weighted by Crippen LogP contribution is 2.15. The van der Waals surface area contributed by atoms with Gasteiger partial charge in [-0.15, -0.1) is 0 Å². The van der Waals surface area contributed by atoms with Gasteiger partial charge in [0.15, 0.2) is 0 Å². The average Bonchev–Trinajstić information content (AvgIpc) is 2.27. The highest BCUT2D eigenvalue weighted by atomic mass is 16.5. The summed E-state index contributed by atoms with van der Waals surface area (Å²) < 4.78 is 4.59. The number of aliphatic hydroxyl groups is 1. The van der Waals surface area contributed by atoms with E-state index in [0.717, 1.165) is 11.5 Å². The molecule has 3 heteroatoms. The summed E-state index contributed by atoms with van der Waals surface area (Å²) >= 11 is 0. The molecule has 75 valence electrons. The lowest BCUT2D eigenvalue weighted by atomic mass is 10.00. The van der Waals surface area contributed by atoms with Crippen molar-refractivity contribution in [3.63, 3.8) is 0 Å². The number of rotatable bonds is 3. The van der Waals surface area contributed by atoms with Crippen molar-refractivity contribution in [3.8, 4) is 0 Å². The smallest absolute Gasteiger partial charge is 0.337 e. The van der Waals surface area contributed by atoms with Crippen LogP contribution in [0.15, 0.2) is 24.3 Å². The molecule has 0 amide bonds. The average molecular weight is 193 g/mol. The number of aliphatic hydroxyl groups excluding tert-OH is 1. The molecule has 0 saturated heterocycles. The van der Waals surface area contributed by atoms with Crippen LogP contribution in [0.1, 0.15) is 22.8 Å². The third kappa shape index (κ3) is 2.33. The zero-order valence-electron chi connectivity index (χ0n) is 8.28. The van der Waals surface area contributed by atoms with Crippen LogP contribution in [0, 0.1) is 5.92 Å². The van der Waals surface area contributed by atoms with Gasteiger partial charge < -0.3 is 9.84 Å². The predicted octanol–water partition coefficient (Wildman–Crippen LogP) is 1.41. The largest absolute Gasteiger partial charge is 0.465 e. The number of ether oxygens (including phenoxy) is 1. The first-order valence-corrected chi connectivity index (χ1v) is 4.31. The van der Waals surface area contributed by atoms with Gasteiger partial charge in [-0.1, -0.05) is 19.1 Å². The van der Waals surface area contributed by atoms with Crippen molar-refractivity contribution in [2.75, 3.05) is 13.7 Å². The van der Waals surface area contributed by atoms with Crippen LogP contribution < -0.4 is 0 Å². The van der Waals surface area contributed by atoms with E-state index in [9.17, 15) is 4.79 Å². The molecule has 0 bridgehead atoms. The second-order valence-electron chi connectivity index (χ2n) is 3.01. The molecule has 0 fully saturated rings. The number of methoxy groups -OCH3 is 1. The summed E-state index contributed by atoms with van der Waals surface area (Å²) in [4.78, 5) is 11.2. The van der Waals surface area contributed by atoms with Crippen molar-refractivity contribution in [1.29, 1.82) is 0 Å². The standard InChI is InChI=1S/C11H13O3/c1-8(7-12)9-4-3-5-10(6-9)11(13)14-2/h3-6,12H,7H2,1-2H3. The molecule has 14 heavy (non-hydrogen) atoms. The molecule has 0 aliphatic rings. The Morgan fingerprint density at radius 2 is 2.07 bits per heavy atom. The van der Waals surface area contributed by atoms with Crippen LogP contribution in [0.4, 0.5) is 0 Å². The highest BCUT2D eigenvalue weighted by Gasteiger charge is 2.09. The summed E-state index contributed by atoms with van der Waals surface area (Å²) in [5.41, 5.74) is 1.35. The maximum absolute atomic E-state index is 11.2. The van der Waals surface area contributed by atoms with Gasteiger partial charge in [0.1, 0.15) is 0 Å². The molecular weight excluding hydrogens is 180 g/mol. The number of carbonyl (C=O) groups is 1. The SMILES string of the molecule is COC(=O)c1cccc([C](C)CO)c1. The molecule has 0 spiro atoms. The first-order valence-electron chi connectivity index (χ1n) is 4.31. The molecule has 0 unspecified atom stereocenters. The van der Waals surface area contributed by atoms with Crippen LogP contribution in [0.2, 0.25) is 0 Å². The number of carbonyl (C=O) groups excluding carboxylic acids is 1. The second-order valence-corrected chi connectivity index (χ2v) is 3.01. The number of esters is 1. The topological polar surface area (TPSA) is 46.5 Å². The number of hydrogen-bond acceptors (Lipinski definition) is 3. The van der Waals surface area contributed by atoms with Crippen LogP contribution in [-0.4, -0.2) is 24.8 Å². The molecule has 0 aliphatic heterocycles. The predicted molar refractivity (Wildman–Crippen MR) is 52.9 cm³/mol. The Kier molecular flexibility index (Phi) is 3.65. The lowest BCUT2D eigenvalue weighted by molar-refractivity contribution is 0.0600. The van der Waals surface area contributed by atoms with Crippen molar-refractivity contribution in [2.45, 2.75) is 6.92 Å².